The van der Waals surface area contributed by atoms with E-state index in [1.807, 2.05) is 12.1 Å². The van der Waals surface area contributed by atoms with E-state index in [4.69, 9.17) is 0 Å². The third-order valence-electron chi connectivity index (χ3n) is 4.36. The molecular formula is C18H23N5O2. The molecule has 2 amide bonds. The van der Waals surface area contributed by atoms with Crippen molar-refractivity contribution in [3.05, 3.63) is 48.3 Å². The van der Waals surface area contributed by atoms with Crippen molar-refractivity contribution >= 4 is 12.0 Å². The average Bonchev–Trinajstić information content (AvgIpc) is 2.65. The standard InChI is InChI=1S/C18H23N5O2/c1-22(13-14-3-5-16(24)6-4-14)18(25)21-15-7-11-23(12-8-15)17-19-9-2-10-20-17/h2-6,9-10,15,24H,7-8,11-13H2,1H3,(H,21,25). The number of aromatic nitrogens is 2. The van der Waals surface area contributed by atoms with Crippen LogP contribution in [0.5, 0.6) is 5.75 Å². The first-order valence-electron chi connectivity index (χ1n) is 8.43. The zero-order chi connectivity index (χ0) is 17.6. The third-order valence-corrected chi connectivity index (χ3v) is 4.36. The van der Waals surface area contributed by atoms with Gasteiger partial charge < -0.3 is 20.2 Å². The van der Waals surface area contributed by atoms with E-state index in [-0.39, 0.29) is 17.8 Å². The van der Waals surface area contributed by atoms with Gasteiger partial charge in [0.2, 0.25) is 5.95 Å². The second-order valence-electron chi connectivity index (χ2n) is 6.28. The predicted octanol–water partition coefficient (Wildman–Crippen LogP) is 1.99. The van der Waals surface area contributed by atoms with Gasteiger partial charge in [-0.15, -0.1) is 0 Å². The lowest BCUT2D eigenvalue weighted by molar-refractivity contribution is 0.200. The van der Waals surface area contributed by atoms with Crippen molar-refractivity contribution in [2.45, 2.75) is 25.4 Å². The summed E-state index contributed by atoms with van der Waals surface area (Å²) in [6.07, 6.45) is 5.23. The first-order chi connectivity index (χ1) is 12.1. The number of phenolic OH excluding ortho intramolecular Hbond substituents is 1. The molecule has 2 heterocycles. The molecule has 132 valence electrons. The second-order valence-corrected chi connectivity index (χ2v) is 6.28. The molecule has 1 aromatic heterocycles. The number of phenols is 1. The van der Waals surface area contributed by atoms with Gasteiger partial charge in [-0.25, -0.2) is 14.8 Å². The van der Waals surface area contributed by atoms with Gasteiger partial charge in [0.05, 0.1) is 0 Å². The highest BCUT2D eigenvalue weighted by Gasteiger charge is 2.23. The number of aromatic hydroxyl groups is 1. The molecule has 0 unspecified atom stereocenters. The molecule has 0 radical (unpaired) electrons. The van der Waals surface area contributed by atoms with E-state index in [1.165, 1.54) is 0 Å². The van der Waals surface area contributed by atoms with Gasteiger partial charge in [-0.3, -0.25) is 0 Å². The molecule has 3 rings (SSSR count). The van der Waals surface area contributed by atoms with Crippen LogP contribution in [0.25, 0.3) is 0 Å². The molecule has 1 aromatic carbocycles. The molecule has 0 atom stereocenters. The first kappa shape index (κ1) is 17.0. The number of nitrogens with one attached hydrogen (secondary N) is 1. The number of benzene rings is 1. The van der Waals surface area contributed by atoms with E-state index in [0.29, 0.717) is 6.54 Å². The molecule has 0 spiro atoms. The van der Waals surface area contributed by atoms with Gasteiger partial charge >= 0.3 is 6.03 Å². The Morgan fingerprint density at radius 3 is 2.52 bits per heavy atom. The zero-order valence-electron chi connectivity index (χ0n) is 14.3. The largest absolute Gasteiger partial charge is 0.508 e. The lowest BCUT2D eigenvalue weighted by Crippen LogP contribution is -2.48. The summed E-state index contributed by atoms with van der Waals surface area (Å²) in [5.74, 6) is 0.974. The van der Waals surface area contributed by atoms with E-state index in [1.54, 1.807) is 42.5 Å². The van der Waals surface area contributed by atoms with Gasteiger partial charge in [-0.2, -0.15) is 0 Å². The maximum absolute atomic E-state index is 12.4. The van der Waals surface area contributed by atoms with Crippen LogP contribution < -0.4 is 10.2 Å². The van der Waals surface area contributed by atoms with Crippen LogP contribution in [0, 0.1) is 0 Å². The summed E-state index contributed by atoms with van der Waals surface area (Å²) < 4.78 is 0. The Bertz CT molecular complexity index is 684. The molecule has 1 aliphatic heterocycles. The Labute approximate surface area is 147 Å². The average molecular weight is 341 g/mol. The van der Waals surface area contributed by atoms with Crippen molar-refractivity contribution in [3.63, 3.8) is 0 Å². The Balaban J connectivity index is 1.46. The Hall–Kier alpha value is -2.83. The molecular weight excluding hydrogens is 318 g/mol. The van der Waals surface area contributed by atoms with Crippen molar-refractivity contribution in [2.75, 3.05) is 25.0 Å². The number of amides is 2. The number of hydrogen-bond donors (Lipinski definition) is 2. The number of nitrogens with zero attached hydrogens (tertiary/aromatic N) is 4. The molecule has 0 saturated carbocycles. The minimum Gasteiger partial charge on any atom is -0.508 e. The number of carbonyl (C=O) groups excluding carboxylic acids is 1. The van der Waals surface area contributed by atoms with Crippen LogP contribution in [0.2, 0.25) is 0 Å². The van der Waals surface area contributed by atoms with E-state index < -0.39 is 0 Å². The lowest BCUT2D eigenvalue weighted by Gasteiger charge is -2.33. The fraction of sp³-hybridized carbons (Fsp3) is 0.389. The fourth-order valence-electron chi connectivity index (χ4n) is 2.91. The molecule has 7 nitrogen and oxygen atoms in total. The topological polar surface area (TPSA) is 81.6 Å². The van der Waals surface area contributed by atoms with Crippen LogP contribution in [0.4, 0.5) is 10.7 Å². The van der Waals surface area contributed by atoms with Crippen LogP contribution in [0.15, 0.2) is 42.7 Å². The van der Waals surface area contributed by atoms with Gasteiger partial charge in [0, 0.05) is 45.1 Å². The summed E-state index contributed by atoms with van der Waals surface area (Å²) in [6, 6.07) is 8.78. The highest BCUT2D eigenvalue weighted by Crippen LogP contribution is 2.16. The van der Waals surface area contributed by atoms with Gasteiger partial charge in [0.15, 0.2) is 0 Å². The monoisotopic (exact) mass is 341 g/mol. The molecule has 0 aliphatic carbocycles. The van der Waals surface area contributed by atoms with Crippen LogP contribution in [-0.4, -0.2) is 52.2 Å². The van der Waals surface area contributed by atoms with Gasteiger partial charge in [0.25, 0.3) is 0 Å². The minimum absolute atomic E-state index is 0.0810. The van der Waals surface area contributed by atoms with Crippen LogP contribution >= 0.6 is 0 Å². The summed E-state index contributed by atoms with van der Waals surface area (Å²) in [5.41, 5.74) is 0.978. The van der Waals surface area contributed by atoms with Crippen molar-refractivity contribution < 1.29 is 9.90 Å². The molecule has 7 heteroatoms. The van der Waals surface area contributed by atoms with Crippen LogP contribution in [0.1, 0.15) is 18.4 Å². The van der Waals surface area contributed by atoms with E-state index >= 15 is 0 Å². The third kappa shape index (κ3) is 4.59. The van der Waals surface area contributed by atoms with Crippen molar-refractivity contribution in [1.29, 1.82) is 0 Å². The number of urea groups is 1. The predicted molar refractivity (Wildman–Crippen MR) is 95.4 cm³/mol. The molecule has 2 N–H and O–H groups in total. The summed E-state index contributed by atoms with van der Waals surface area (Å²) in [7, 11) is 1.77. The summed E-state index contributed by atoms with van der Waals surface area (Å²) in [5, 5.41) is 12.4. The molecule has 1 saturated heterocycles. The molecule has 1 fully saturated rings. The molecule has 0 bridgehead atoms. The zero-order valence-corrected chi connectivity index (χ0v) is 14.3. The van der Waals surface area contributed by atoms with Crippen molar-refractivity contribution in [2.24, 2.45) is 0 Å². The smallest absolute Gasteiger partial charge is 0.317 e. The Kier molecular flexibility index (Phi) is 5.33. The highest BCUT2D eigenvalue weighted by atomic mass is 16.3. The highest BCUT2D eigenvalue weighted by molar-refractivity contribution is 5.74. The number of hydrogen-bond acceptors (Lipinski definition) is 5. The quantitative estimate of drug-likeness (QED) is 0.889. The number of rotatable bonds is 4. The molecule has 2 aromatic rings. The normalized spacial score (nSPS) is 15.0. The number of carbonyl (C=O) groups is 1. The van der Waals surface area contributed by atoms with Crippen LogP contribution in [-0.2, 0) is 6.54 Å². The van der Waals surface area contributed by atoms with Crippen molar-refractivity contribution in [3.8, 4) is 5.75 Å². The molecule has 1 aliphatic rings. The minimum atomic E-state index is -0.0810. The SMILES string of the molecule is CN(Cc1ccc(O)cc1)C(=O)NC1CCN(c2ncccn2)CC1. The summed E-state index contributed by atoms with van der Waals surface area (Å²) in [6.45, 7) is 2.16. The van der Waals surface area contributed by atoms with Gasteiger partial charge in [0.1, 0.15) is 5.75 Å². The molecule has 25 heavy (non-hydrogen) atoms. The van der Waals surface area contributed by atoms with Crippen LogP contribution in [0.3, 0.4) is 0 Å². The number of anilines is 1. The van der Waals surface area contributed by atoms with E-state index in [2.05, 4.69) is 20.2 Å². The van der Waals surface area contributed by atoms with Crippen molar-refractivity contribution in [1.82, 2.24) is 20.2 Å². The lowest BCUT2D eigenvalue weighted by atomic mass is 10.1. The fourth-order valence-corrected chi connectivity index (χ4v) is 2.91. The Morgan fingerprint density at radius 2 is 1.88 bits per heavy atom. The van der Waals surface area contributed by atoms with E-state index in [0.717, 1.165) is 37.4 Å². The number of piperidine rings is 1. The van der Waals surface area contributed by atoms with E-state index in [9.17, 15) is 9.90 Å². The van der Waals surface area contributed by atoms with Gasteiger partial charge in [-0.1, -0.05) is 12.1 Å². The van der Waals surface area contributed by atoms with Gasteiger partial charge in [-0.05, 0) is 36.6 Å². The summed E-state index contributed by atoms with van der Waals surface area (Å²) >= 11 is 0. The second kappa shape index (κ2) is 7.83. The first-order valence-corrected chi connectivity index (χ1v) is 8.43. The maximum atomic E-state index is 12.4. The maximum Gasteiger partial charge on any atom is 0.317 e. The summed E-state index contributed by atoms with van der Waals surface area (Å²) in [4.78, 5) is 24.7. The Morgan fingerprint density at radius 1 is 1.24 bits per heavy atom.